The molecule has 2 rings (SSSR count). The molecule has 0 unspecified atom stereocenters. The summed E-state index contributed by atoms with van der Waals surface area (Å²) >= 11 is 0. The zero-order valence-electron chi connectivity index (χ0n) is 9.54. The monoisotopic (exact) mass is 265 g/mol. The van der Waals surface area contributed by atoms with Gasteiger partial charge in [-0.1, -0.05) is 24.3 Å². The third kappa shape index (κ3) is 1.96. The van der Waals surface area contributed by atoms with Gasteiger partial charge in [-0.25, -0.2) is 0 Å². The van der Waals surface area contributed by atoms with E-state index in [4.69, 9.17) is 10.3 Å². The van der Waals surface area contributed by atoms with Crippen molar-refractivity contribution in [2.75, 3.05) is 5.73 Å². The van der Waals surface area contributed by atoms with Gasteiger partial charge in [0.2, 0.25) is 0 Å². The summed E-state index contributed by atoms with van der Waals surface area (Å²) in [7, 11) is -4.49. The van der Waals surface area contributed by atoms with Crippen LogP contribution in [0.25, 0.3) is 10.8 Å². The molecule has 5 nitrogen and oxygen atoms in total. The van der Waals surface area contributed by atoms with Crippen LogP contribution in [0.4, 0.5) is 5.69 Å². The first-order valence-electron chi connectivity index (χ1n) is 5.12. The second-order valence-electron chi connectivity index (χ2n) is 3.92. The first-order chi connectivity index (χ1) is 8.32. The highest BCUT2D eigenvalue weighted by Crippen LogP contribution is 2.31. The molecule has 0 fully saturated rings. The number of hydrogen-bond acceptors (Lipinski definition) is 4. The van der Waals surface area contributed by atoms with Crippen LogP contribution in [0.2, 0.25) is 0 Å². The van der Waals surface area contributed by atoms with Crippen LogP contribution >= 0.6 is 0 Å². The summed E-state index contributed by atoms with van der Waals surface area (Å²) in [5.41, 5.74) is 5.71. The maximum Gasteiger partial charge on any atom is 0.295 e. The molecule has 94 valence electrons. The summed E-state index contributed by atoms with van der Waals surface area (Å²) in [4.78, 5) is 11.1. The predicted molar refractivity (Wildman–Crippen MR) is 68.2 cm³/mol. The standard InChI is InChI=1S/C12H11NO4S/c1-7(14)11-10(18(15,16)17)6-8-4-2-3-5-9(8)12(11)13/h2-6H,13H2,1H3,(H,15,16,17). The van der Waals surface area contributed by atoms with Gasteiger partial charge in [-0.2, -0.15) is 8.42 Å². The maximum atomic E-state index is 11.5. The molecule has 0 aliphatic rings. The predicted octanol–water partition coefficient (Wildman–Crippen LogP) is 1.87. The number of carbonyl (C=O) groups excluding carboxylic acids is 1. The molecule has 0 heterocycles. The van der Waals surface area contributed by atoms with E-state index in [2.05, 4.69) is 0 Å². The number of nitrogens with two attached hydrogens (primary N) is 1. The van der Waals surface area contributed by atoms with Crippen molar-refractivity contribution in [2.24, 2.45) is 0 Å². The molecular weight excluding hydrogens is 254 g/mol. The van der Waals surface area contributed by atoms with E-state index in [1.165, 1.54) is 13.0 Å². The van der Waals surface area contributed by atoms with E-state index >= 15 is 0 Å². The van der Waals surface area contributed by atoms with Crippen molar-refractivity contribution in [3.63, 3.8) is 0 Å². The van der Waals surface area contributed by atoms with Crippen LogP contribution in [0.1, 0.15) is 17.3 Å². The summed E-state index contributed by atoms with van der Waals surface area (Å²) in [6.45, 7) is 1.20. The van der Waals surface area contributed by atoms with Gasteiger partial charge in [-0.15, -0.1) is 0 Å². The molecule has 18 heavy (non-hydrogen) atoms. The molecule has 0 spiro atoms. The lowest BCUT2D eigenvalue weighted by atomic mass is 10.0. The lowest BCUT2D eigenvalue weighted by Crippen LogP contribution is -2.10. The molecule has 2 aromatic rings. The van der Waals surface area contributed by atoms with Gasteiger partial charge >= 0.3 is 0 Å². The van der Waals surface area contributed by atoms with Crippen LogP contribution in [-0.2, 0) is 10.1 Å². The summed E-state index contributed by atoms with van der Waals surface area (Å²) in [5.74, 6) is -0.508. The van der Waals surface area contributed by atoms with E-state index in [-0.39, 0.29) is 11.3 Å². The normalized spacial score (nSPS) is 11.7. The molecule has 0 amide bonds. The third-order valence-corrected chi connectivity index (χ3v) is 3.56. The Bertz CT molecular complexity index is 750. The molecule has 0 bridgehead atoms. The Morgan fingerprint density at radius 1 is 1.28 bits per heavy atom. The van der Waals surface area contributed by atoms with Crippen molar-refractivity contribution >= 4 is 32.4 Å². The number of nitrogen functional groups attached to an aromatic ring is 1. The van der Waals surface area contributed by atoms with Gasteiger partial charge in [0.05, 0.1) is 11.3 Å². The number of Topliss-reactive ketones (excluding diaryl/α,β-unsaturated/α-hetero) is 1. The van der Waals surface area contributed by atoms with Gasteiger partial charge in [0, 0.05) is 5.39 Å². The van der Waals surface area contributed by atoms with Crippen molar-refractivity contribution < 1.29 is 17.8 Å². The molecule has 0 saturated heterocycles. The van der Waals surface area contributed by atoms with Gasteiger partial charge in [-0.05, 0) is 18.4 Å². The minimum Gasteiger partial charge on any atom is -0.398 e. The first-order valence-corrected chi connectivity index (χ1v) is 6.56. The molecule has 0 saturated carbocycles. The van der Waals surface area contributed by atoms with Crippen LogP contribution in [0.15, 0.2) is 35.2 Å². The molecule has 6 heteroatoms. The van der Waals surface area contributed by atoms with Crippen LogP contribution < -0.4 is 5.73 Å². The fourth-order valence-corrected chi connectivity index (χ4v) is 2.70. The fourth-order valence-electron chi connectivity index (χ4n) is 1.92. The minimum absolute atomic E-state index is 0.0632. The highest BCUT2D eigenvalue weighted by molar-refractivity contribution is 7.86. The number of anilines is 1. The van der Waals surface area contributed by atoms with Crippen LogP contribution in [-0.4, -0.2) is 18.8 Å². The number of benzene rings is 2. The molecular formula is C12H11NO4S. The van der Waals surface area contributed by atoms with Crippen molar-refractivity contribution in [3.8, 4) is 0 Å². The van der Waals surface area contributed by atoms with Crippen molar-refractivity contribution in [2.45, 2.75) is 11.8 Å². The molecule has 0 aliphatic carbocycles. The Morgan fingerprint density at radius 3 is 2.44 bits per heavy atom. The van der Waals surface area contributed by atoms with E-state index in [0.29, 0.717) is 10.8 Å². The zero-order valence-corrected chi connectivity index (χ0v) is 10.4. The summed E-state index contributed by atoms with van der Waals surface area (Å²) < 4.78 is 31.8. The zero-order chi connectivity index (χ0) is 13.5. The van der Waals surface area contributed by atoms with Gasteiger partial charge in [0.25, 0.3) is 10.1 Å². The van der Waals surface area contributed by atoms with Gasteiger partial charge in [0.1, 0.15) is 4.90 Å². The number of ketones is 1. The average molecular weight is 265 g/mol. The van der Waals surface area contributed by atoms with E-state index in [0.717, 1.165) is 0 Å². The SMILES string of the molecule is CC(=O)c1c(S(=O)(=O)O)cc2ccccc2c1N. The Morgan fingerprint density at radius 2 is 1.89 bits per heavy atom. The molecule has 2 aromatic carbocycles. The highest BCUT2D eigenvalue weighted by Gasteiger charge is 2.22. The van der Waals surface area contributed by atoms with Crippen LogP contribution in [0.5, 0.6) is 0 Å². The van der Waals surface area contributed by atoms with Crippen molar-refractivity contribution in [3.05, 3.63) is 35.9 Å². The fraction of sp³-hybridized carbons (Fsp3) is 0.0833. The number of carbonyl (C=O) groups is 1. The minimum atomic E-state index is -4.49. The van der Waals surface area contributed by atoms with E-state index < -0.39 is 20.8 Å². The van der Waals surface area contributed by atoms with Crippen molar-refractivity contribution in [1.29, 1.82) is 0 Å². The van der Waals surface area contributed by atoms with E-state index in [9.17, 15) is 13.2 Å². The number of rotatable bonds is 2. The van der Waals surface area contributed by atoms with Crippen molar-refractivity contribution in [1.82, 2.24) is 0 Å². The number of hydrogen-bond donors (Lipinski definition) is 2. The maximum absolute atomic E-state index is 11.5. The first kappa shape index (κ1) is 12.5. The van der Waals surface area contributed by atoms with Crippen LogP contribution in [0.3, 0.4) is 0 Å². The Labute approximate surface area is 104 Å². The van der Waals surface area contributed by atoms with Gasteiger partial charge in [0.15, 0.2) is 5.78 Å². The molecule has 0 aliphatic heterocycles. The second-order valence-corrected chi connectivity index (χ2v) is 5.31. The Kier molecular flexibility index (Phi) is 2.84. The van der Waals surface area contributed by atoms with E-state index in [1.807, 2.05) is 0 Å². The molecule has 0 aromatic heterocycles. The lowest BCUT2D eigenvalue weighted by molar-refractivity contribution is 0.101. The largest absolute Gasteiger partial charge is 0.398 e. The van der Waals surface area contributed by atoms with Gasteiger partial charge < -0.3 is 5.73 Å². The van der Waals surface area contributed by atoms with E-state index in [1.54, 1.807) is 24.3 Å². The Balaban J connectivity index is 3.02. The number of fused-ring (bicyclic) bond motifs is 1. The topological polar surface area (TPSA) is 97.5 Å². The van der Waals surface area contributed by atoms with Crippen LogP contribution in [0, 0.1) is 0 Å². The molecule has 3 N–H and O–H groups in total. The molecule has 0 radical (unpaired) electrons. The lowest BCUT2D eigenvalue weighted by Gasteiger charge is -2.11. The van der Waals surface area contributed by atoms with Gasteiger partial charge in [-0.3, -0.25) is 9.35 Å². The third-order valence-electron chi connectivity index (χ3n) is 2.68. The highest BCUT2D eigenvalue weighted by atomic mass is 32.2. The smallest absolute Gasteiger partial charge is 0.295 e. The quantitative estimate of drug-likeness (QED) is 0.490. The average Bonchev–Trinajstić information content (AvgIpc) is 2.27. The Hall–Kier alpha value is -1.92. The summed E-state index contributed by atoms with van der Waals surface area (Å²) in [6.07, 6.45) is 0. The summed E-state index contributed by atoms with van der Waals surface area (Å²) in [5, 5.41) is 1.13. The second kappa shape index (κ2) is 4.08. The molecule has 0 atom stereocenters. The summed E-state index contributed by atoms with van der Waals surface area (Å²) in [6, 6.07) is 8.03.